The first-order valence-electron chi connectivity index (χ1n) is 4.17. The Morgan fingerprint density at radius 3 is 3.08 bits per heavy atom. The van der Waals surface area contributed by atoms with Crippen molar-refractivity contribution in [2.45, 2.75) is 6.92 Å². The second kappa shape index (κ2) is 3.01. The molecule has 0 aromatic carbocycles. The molecule has 2 rings (SSSR count). The number of fused-ring (bicyclic) bond motifs is 1. The number of nitrogens with zero attached hydrogens (tertiary/aromatic N) is 5. The van der Waals surface area contributed by atoms with E-state index >= 15 is 0 Å². The Hall–Kier alpha value is -1.65. The van der Waals surface area contributed by atoms with Crippen LogP contribution in [0.1, 0.15) is 6.92 Å². The summed E-state index contributed by atoms with van der Waals surface area (Å²) in [6, 6.07) is 0. The Kier molecular flexibility index (Phi) is 1.84. The van der Waals surface area contributed by atoms with E-state index in [1.54, 1.807) is 12.5 Å². The summed E-state index contributed by atoms with van der Waals surface area (Å²) in [5, 5.41) is 2.03. The van der Waals surface area contributed by atoms with Gasteiger partial charge in [-0.1, -0.05) is 0 Å². The lowest BCUT2D eigenvalue weighted by atomic mass is 10.6. The van der Waals surface area contributed by atoms with E-state index < -0.39 is 0 Å². The second-order valence-corrected chi connectivity index (χ2v) is 2.79. The van der Waals surface area contributed by atoms with Crippen LogP contribution < -0.4 is 5.01 Å². The predicted molar refractivity (Wildman–Crippen MR) is 50.0 cm³/mol. The summed E-state index contributed by atoms with van der Waals surface area (Å²) in [5.41, 5.74) is 1.67. The van der Waals surface area contributed by atoms with Crippen LogP contribution in [-0.2, 0) is 0 Å². The van der Waals surface area contributed by atoms with Crippen molar-refractivity contribution >= 4 is 11.2 Å². The highest BCUT2D eigenvalue weighted by Gasteiger charge is 2.04. The molecule has 2 aromatic rings. The van der Waals surface area contributed by atoms with E-state index in [0.29, 0.717) is 0 Å². The molecule has 0 aliphatic carbocycles. The molecule has 5 heteroatoms. The zero-order valence-corrected chi connectivity index (χ0v) is 7.68. The fraction of sp³-hybridized carbons (Fsp3) is 0.375. The van der Waals surface area contributed by atoms with Gasteiger partial charge in [-0.25, -0.2) is 19.6 Å². The van der Waals surface area contributed by atoms with Crippen molar-refractivity contribution in [1.82, 2.24) is 19.6 Å². The zero-order chi connectivity index (χ0) is 9.26. The molecule has 68 valence electrons. The van der Waals surface area contributed by atoms with Gasteiger partial charge in [0.1, 0.15) is 18.2 Å². The normalized spacial score (nSPS) is 10.6. The van der Waals surface area contributed by atoms with E-state index in [1.165, 1.54) is 6.33 Å². The van der Waals surface area contributed by atoms with E-state index in [9.17, 15) is 0 Å². The standard InChI is InChI=1S/C8H11N5/c1-3-12(2)13-6-11-7-4-9-5-10-8(7)13/h4-6H,3H2,1-2H3. The van der Waals surface area contributed by atoms with Crippen LogP contribution in [0.25, 0.3) is 11.2 Å². The third kappa shape index (κ3) is 1.22. The van der Waals surface area contributed by atoms with Crippen molar-refractivity contribution in [2.24, 2.45) is 0 Å². The van der Waals surface area contributed by atoms with Crippen molar-refractivity contribution in [1.29, 1.82) is 0 Å². The minimum Gasteiger partial charge on any atom is -0.313 e. The molecule has 0 bridgehead atoms. The van der Waals surface area contributed by atoms with Crippen molar-refractivity contribution in [2.75, 3.05) is 18.6 Å². The van der Waals surface area contributed by atoms with E-state index in [-0.39, 0.29) is 0 Å². The molecular formula is C8H11N5. The Morgan fingerprint density at radius 2 is 2.31 bits per heavy atom. The first-order chi connectivity index (χ1) is 6.33. The molecule has 5 nitrogen and oxygen atoms in total. The van der Waals surface area contributed by atoms with Gasteiger partial charge in [0.05, 0.1) is 6.20 Å². The van der Waals surface area contributed by atoms with Gasteiger partial charge in [0.2, 0.25) is 0 Å². The number of hydrogen-bond donors (Lipinski definition) is 0. The van der Waals surface area contributed by atoms with Crippen molar-refractivity contribution in [3.05, 3.63) is 18.9 Å². The zero-order valence-electron chi connectivity index (χ0n) is 7.68. The Balaban J connectivity index is 2.57. The minimum atomic E-state index is 0.822. The van der Waals surface area contributed by atoms with E-state index in [0.717, 1.165) is 17.7 Å². The molecule has 0 atom stereocenters. The molecule has 0 unspecified atom stereocenters. The molecule has 0 radical (unpaired) electrons. The molecule has 0 saturated heterocycles. The Labute approximate surface area is 76.0 Å². The summed E-state index contributed by atoms with van der Waals surface area (Å²) in [7, 11) is 1.99. The van der Waals surface area contributed by atoms with Gasteiger partial charge in [0, 0.05) is 13.6 Å². The topological polar surface area (TPSA) is 46.8 Å². The van der Waals surface area contributed by atoms with E-state index in [4.69, 9.17) is 0 Å². The molecule has 0 aliphatic heterocycles. The summed E-state index contributed by atoms with van der Waals surface area (Å²) < 4.78 is 1.91. The van der Waals surface area contributed by atoms with Crippen LogP contribution >= 0.6 is 0 Å². The molecule has 0 aliphatic rings. The molecule has 0 N–H and O–H groups in total. The van der Waals surface area contributed by atoms with Crippen LogP contribution in [0.2, 0.25) is 0 Å². The molecule has 13 heavy (non-hydrogen) atoms. The first-order valence-corrected chi connectivity index (χ1v) is 4.17. The lowest BCUT2D eigenvalue weighted by Crippen LogP contribution is -2.28. The third-order valence-electron chi connectivity index (χ3n) is 2.02. The van der Waals surface area contributed by atoms with Gasteiger partial charge < -0.3 is 5.01 Å². The smallest absolute Gasteiger partial charge is 0.182 e. The molecule has 0 spiro atoms. The number of rotatable bonds is 2. The summed E-state index contributed by atoms with van der Waals surface area (Å²) in [5.74, 6) is 0. The van der Waals surface area contributed by atoms with Gasteiger partial charge in [-0.3, -0.25) is 0 Å². The third-order valence-corrected chi connectivity index (χ3v) is 2.02. The summed E-state index contributed by atoms with van der Waals surface area (Å²) >= 11 is 0. The molecule has 2 aromatic heterocycles. The largest absolute Gasteiger partial charge is 0.313 e. The first kappa shape index (κ1) is 7.97. The summed E-state index contributed by atoms with van der Waals surface area (Å²) in [4.78, 5) is 12.2. The molecule has 0 fully saturated rings. The van der Waals surface area contributed by atoms with Crippen molar-refractivity contribution in [3.8, 4) is 0 Å². The van der Waals surface area contributed by atoms with Gasteiger partial charge >= 0.3 is 0 Å². The number of aromatic nitrogens is 4. The minimum absolute atomic E-state index is 0.822. The monoisotopic (exact) mass is 177 g/mol. The molecule has 2 heterocycles. The fourth-order valence-electron chi connectivity index (χ4n) is 1.16. The molecular weight excluding hydrogens is 166 g/mol. The van der Waals surface area contributed by atoms with Crippen LogP contribution in [0, 0.1) is 0 Å². The second-order valence-electron chi connectivity index (χ2n) is 2.79. The van der Waals surface area contributed by atoms with Crippen LogP contribution in [0.3, 0.4) is 0 Å². The fourth-order valence-corrected chi connectivity index (χ4v) is 1.16. The van der Waals surface area contributed by atoms with E-state index in [1.807, 2.05) is 16.7 Å². The van der Waals surface area contributed by atoms with Gasteiger partial charge in [-0.05, 0) is 6.92 Å². The average molecular weight is 177 g/mol. The van der Waals surface area contributed by atoms with Gasteiger partial charge in [0.15, 0.2) is 5.65 Å². The lowest BCUT2D eigenvalue weighted by Gasteiger charge is -2.17. The summed E-state index contributed by atoms with van der Waals surface area (Å²) in [6.45, 7) is 2.99. The van der Waals surface area contributed by atoms with Gasteiger partial charge in [-0.2, -0.15) is 0 Å². The maximum atomic E-state index is 4.18. The molecule has 0 saturated carbocycles. The maximum Gasteiger partial charge on any atom is 0.182 e. The Bertz CT molecular complexity index is 408. The highest BCUT2D eigenvalue weighted by molar-refractivity contribution is 5.69. The molecule has 0 amide bonds. The van der Waals surface area contributed by atoms with Crippen LogP contribution in [-0.4, -0.2) is 33.2 Å². The predicted octanol–water partition coefficient (Wildman–Crippen LogP) is 0.414. The Morgan fingerprint density at radius 1 is 1.46 bits per heavy atom. The van der Waals surface area contributed by atoms with Crippen molar-refractivity contribution in [3.63, 3.8) is 0 Å². The average Bonchev–Trinajstić information content (AvgIpc) is 2.60. The van der Waals surface area contributed by atoms with Crippen LogP contribution in [0.5, 0.6) is 0 Å². The SMILES string of the molecule is CCN(C)n1cnc2cncnc21. The summed E-state index contributed by atoms with van der Waals surface area (Å²) in [6.07, 6.45) is 5.00. The number of hydrogen-bond acceptors (Lipinski definition) is 4. The van der Waals surface area contributed by atoms with Gasteiger partial charge in [0.25, 0.3) is 0 Å². The maximum absolute atomic E-state index is 4.18. The number of imidazole rings is 1. The quantitative estimate of drug-likeness (QED) is 0.666. The van der Waals surface area contributed by atoms with E-state index in [2.05, 4.69) is 21.9 Å². The van der Waals surface area contributed by atoms with Crippen LogP contribution in [0.4, 0.5) is 0 Å². The highest BCUT2D eigenvalue weighted by atomic mass is 15.5. The van der Waals surface area contributed by atoms with Crippen molar-refractivity contribution < 1.29 is 0 Å². The van der Waals surface area contributed by atoms with Gasteiger partial charge in [-0.15, -0.1) is 0 Å². The lowest BCUT2D eigenvalue weighted by molar-refractivity contribution is 0.684. The van der Waals surface area contributed by atoms with Crippen LogP contribution in [0.15, 0.2) is 18.9 Å². The highest BCUT2D eigenvalue weighted by Crippen LogP contribution is 2.06.